The fourth-order valence-electron chi connectivity index (χ4n) is 3.09. The fraction of sp³-hybridized carbons (Fsp3) is 0.562. The molecule has 0 spiro atoms. The summed E-state index contributed by atoms with van der Waals surface area (Å²) in [5.74, 6) is 0.791. The molecule has 3 heteroatoms. The van der Waals surface area contributed by atoms with Gasteiger partial charge in [0.1, 0.15) is 5.66 Å². The fourth-order valence-corrected chi connectivity index (χ4v) is 3.09. The minimum atomic E-state index is -0.194. The number of fused-ring (bicyclic) bond motifs is 1. The average Bonchev–Trinajstić information content (AvgIpc) is 3.23. The van der Waals surface area contributed by atoms with Crippen LogP contribution in [0.15, 0.2) is 24.3 Å². The summed E-state index contributed by atoms with van der Waals surface area (Å²) in [6, 6.07) is 7.88. The van der Waals surface area contributed by atoms with Crippen LogP contribution in [-0.4, -0.2) is 23.0 Å². The molecule has 3 rings (SSSR count). The van der Waals surface area contributed by atoms with E-state index in [0.29, 0.717) is 5.92 Å². The number of anilines is 1. The van der Waals surface area contributed by atoms with Crippen LogP contribution < -0.4 is 5.32 Å². The van der Waals surface area contributed by atoms with Crippen molar-refractivity contribution in [2.75, 3.05) is 11.9 Å². The van der Waals surface area contributed by atoms with Crippen LogP contribution in [0.3, 0.4) is 0 Å². The quantitative estimate of drug-likeness (QED) is 0.896. The standard InChI is InChI=1S/C16H22N2O/c1-3-4-11-18-15(19)13-7-5-6-8-14(13)17-16(18,2)12-9-10-12/h5-8,12,17H,3-4,9-11H2,1-2H3. The van der Waals surface area contributed by atoms with Gasteiger partial charge in [-0.15, -0.1) is 0 Å². The van der Waals surface area contributed by atoms with Gasteiger partial charge in [-0.05, 0) is 38.3 Å². The Morgan fingerprint density at radius 2 is 2.11 bits per heavy atom. The van der Waals surface area contributed by atoms with Gasteiger partial charge in [0, 0.05) is 18.2 Å². The molecule has 1 aromatic carbocycles. The van der Waals surface area contributed by atoms with Crippen molar-refractivity contribution >= 4 is 11.6 Å². The van der Waals surface area contributed by atoms with Crippen molar-refractivity contribution in [1.82, 2.24) is 4.90 Å². The van der Waals surface area contributed by atoms with Gasteiger partial charge in [-0.25, -0.2) is 0 Å². The topological polar surface area (TPSA) is 32.3 Å². The lowest BCUT2D eigenvalue weighted by Gasteiger charge is -2.47. The molecule has 1 amide bonds. The third kappa shape index (κ3) is 2.01. The highest BCUT2D eigenvalue weighted by Gasteiger charge is 2.50. The second-order valence-corrected chi connectivity index (χ2v) is 5.90. The van der Waals surface area contributed by atoms with E-state index >= 15 is 0 Å². The summed E-state index contributed by atoms with van der Waals surface area (Å²) >= 11 is 0. The molecule has 3 nitrogen and oxygen atoms in total. The van der Waals surface area contributed by atoms with Gasteiger partial charge < -0.3 is 10.2 Å². The summed E-state index contributed by atoms with van der Waals surface area (Å²) < 4.78 is 0. The monoisotopic (exact) mass is 258 g/mol. The van der Waals surface area contributed by atoms with Gasteiger partial charge in [-0.3, -0.25) is 4.79 Å². The SMILES string of the molecule is CCCCN1C(=O)c2ccccc2NC1(C)C1CC1. The van der Waals surface area contributed by atoms with Crippen molar-refractivity contribution < 1.29 is 4.79 Å². The minimum Gasteiger partial charge on any atom is -0.362 e. The predicted octanol–water partition coefficient (Wildman–Crippen LogP) is 3.48. The van der Waals surface area contributed by atoms with Crippen LogP contribution in [0.4, 0.5) is 5.69 Å². The van der Waals surface area contributed by atoms with Gasteiger partial charge in [0.25, 0.3) is 5.91 Å². The van der Waals surface area contributed by atoms with Crippen molar-refractivity contribution in [1.29, 1.82) is 0 Å². The van der Waals surface area contributed by atoms with Crippen LogP contribution in [0, 0.1) is 5.92 Å². The van der Waals surface area contributed by atoms with Gasteiger partial charge in [-0.1, -0.05) is 25.5 Å². The first-order chi connectivity index (χ1) is 9.16. The summed E-state index contributed by atoms with van der Waals surface area (Å²) in [7, 11) is 0. The molecule has 0 saturated heterocycles. The molecule has 0 aromatic heterocycles. The van der Waals surface area contributed by atoms with Gasteiger partial charge in [0.2, 0.25) is 0 Å². The lowest BCUT2D eigenvalue weighted by Crippen LogP contribution is -2.59. The summed E-state index contributed by atoms with van der Waals surface area (Å²) in [6.45, 7) is 5.21. The Kier molecular flexibility index (Phi) is 3.00. The summed E-state index contributed by atoms with van der Waals surface area (Å²) in [4.78, 5) is 14.8. The van der Waals surface area contributed by atoms with E-state index in [1.54, 1.807) is 0 Å². The number of hydrogen-bond acceptors (Lipinski definition) is 2. The first kappa shape index (κ1) is 12.5. The van der Waals surface area contributed by atoms with E-state index in [2.05, 4.69) is 24.1 Å². The second-order valence-electron chi connectivity index (χ2n) is 5.90. The van der Waals surface area contributed by atoms with Gasteiger partial charge in [0.05, 0.1) is 5.56 Å². The van der Waals surface area contributed by atoms with Gasteiger partial charge in [-0.2, -0.15) is 0 Å². The molecule has 2 aliphatic rings. The van der Waals surface area contributed by atoms with Crippen molar-refractivity contribution in [3.05, 3.63) is 29.8 Å². The summed E-state index contributed by atoms with van der Waals surface area (Å²) in [6.07, 6.45) is 4.63. The minimum absolute atomic E-state index is 0.192. The molecule has 0 bridgehead atoms. The number of carbonyl (C=O) groups is 1. The highest BCUT2D eigenvalue weighted by Crippen LogP contribution is 2.46. The van der Waals surface area contributed by atoms with E-state index in [4.69, 9.17) is 0 Å². The molecule has 19 heavy (non-hydrogen) atoms. The van der Waals surface area contributed by atoms with Gasteiger partial charge >= 0.3 is 0 Å². The third-order valence-corrected chi connectivity index (χ3v) is 4.46. The molecule has 1 atom stereocenters. The molecule has 1 N–H and O–H groups in total. The average molecular weight is 258 g/mol. The number of amides is 1. The largest absolute Gasteiger partial charge is 0.362 e. The zero-order valence-electron chi connectivity index (χ0n) is 11.8. The number of nitrogens with one attached hydrogen (secondary N) is 1. The summed E-state index contributed by atoms with van der Waals surface area (Å²) in [5, 5.41) is 3.63. The molecule has 1 unspecified atom stereocenters. The van der Waals surface area contributed by atoms with Crippen LogP contribution in [-0.2, 0) is 0 Å². The predicted molar refractivity (Wildman–Crippen MR) is 77.1 cm³/mol. The van der Waals surface area contributed by atoms with Crippen molar-refractivity contribution in [3.63, 3.8) is 0 Å². The van der Waals surface area contributed by atoms with Crippen molar-refractivity contribution in [2.45, 2.75) is 45.2 Å². The molecule has 1 aliphatic carbocycles. The number of unbranched alkanes of at least 4 members (excludes halogenated alkanes) is 1. The third-order valence-electron chi connectivity index (χ3n) is 4.46. The van der Waals surface area contributed by atoms with E-state index in [0.717, 1.165) is 30.6 Å². The zero-order valence-corrected chi connectivity index (χ0v) is 11.8. The molecular formula is C16H22N2O. The zero-order chi connectivity index (χ0) is 13.5. The van der Waals surface area contributed by atoms with E-state index in [1.165, 1.54) is 12.8 Å². The molecule has 1 aliphatic heterocycles. The molecule has 0 radical (unpaired) electrons. The van der Waals surface area contributed by atoms with Crippen LogP contribution in [0.5, 0.6) is 0 Å². The summed E-state index contributed by atoms with van der Waals surface area (Å²) in [5.41, 5.74) is 1.62. The van der Waals surface area contributed by atoms with Gasteiger partial charge in [0.15, 0.2) is 0 Å². The Bertz CT molecular complexity index is 495. The Balaban J connectivity index is 1.97. The first-order valence-corrected chi connectivity index (χ1v) is 7.36. The maximum absolute atomic E-state index is 12.8. The van der Waals surface area contributed by atoms with E-state index < -0.39 is 0 Å². The Labute approximate surface area is 115 Å². The molecule has 1 fully saturated rings. The smallest absolute Gasteiger partial charge is 0.257 e. The van der Waals surface area contributed by atoms with Crippen LogP contribution in [0.25, 0.3) is 0 Å². The maximum Gasteiger partial charge on any atom is 0.257 e. The Hall–Kier alpha value is -1.51. The first-order valence-electron chi connectivity index (χ1n) is 7.36. The lowest BCUT2D eigenvalue weighted by molar-refractivity contribution is 0.0488. The van der Waals surface area contributed by atoms with Crippen LogP contribution >= 0.6 is 0 Å². The molecule has 1 heterocycles. The Morgan fingerprint density at radius 3 is 2.79 bits per heavy atom. The molecular weight excluding hydrogens is 236 g/mol. The highest BCUT2D eigenvalue weighted by atomic mass is 16.2. The van der Waals surface area contributed by atoms with E-state index in [1.807, 2.05) is 24.3 Å². The van der Waals surface area contributed by atoms with E-state index in [9.17, 15) is 4.79 Å². The molecule has 1 saturated carbocycles. The van der Waals surface area contributed by atoms with Crippen LogP contribution in [0.1, 0.15) is 49.9 Å². The number of benzene rings is 1. The second kappa shape index (κ2) is 4.55. The van der Waals surface area contributed by atoms with Crippen molar-refractivity contribution in [2.24, 2.45) is 5.92 Å². The number of para-hydroxylation sites is 1. The Morgan fingerprint density at radius 1 is 1.37 bits per heavy atom. The number of carbonyl (C=O) groups excluding carboxylic acids is 1. The molecule has 1 aromatic rings. The number of nitrogens with zero attached hydrogens (tertiary/aromatic N) is 1. The molecule has 102 valence electrons. The van der Waals surface area contributed by atoms with Crippen LogP contribution in [0.2, 0.25) is 0 Å². The highest BCUT2D eigenvalue weighted by molar-refractivity contribution is 6.02. The van der Waals surface area contributed by atoms with Crippen molar-refractivity contribution in [3.8, 4) is 0 Å². The number of rotatable bonds is 4. The number of hydrogen-bond donors (Lipinski definition) is 1. The maximum atomic E-state index is 12.8. The lowest BCUT2D eigenvalue weighted by atomic mass is 9.96. The normalized spacial score (nSPS) is 26.0. The van der Waals surface area contributed by atoms with E-state index in [-0.39, 0.29) is 11.6 Å².